The van der Waals surface area contributed by atoms with Gasteiger partial charge in [-0.05, 0) is 19.1 Å². The van der Waals surface area contributed by atoms with Crippen molar-refractivity contribution in [2.75, 3.05) is 19.5 Å². The summed E-state index contributed by atoms with van der Waals surface area (Å²) in [5.41, 5.74) is -0.970. The third-order valence-corrected chi connectivity index (χ3v) is 2.61. The van der Waals surface area contributed by atoms with Gasteiger partial charge in [-0.15, -0.1) is 0 Å². The first-order valence-electron chi connectivity index (χ1n) is 5.96. The minimum atomic E-state index is -4.57. The van der Waals surface area contributed by atoms with E-state index in [1.165, 1.54) is 6.92 Å². The van der Waals surface area contributed by atoms with Crippen molar-refractivity contribution < 1.29 is 32.3 Å². The van der Waals surface area contributed by atoms with Gasteiger partial charge in [0.05, 0.1) is 19.8 Å². The molecule has 0 aliphatic carbocycles. The molecule has 0 saturated heterocycles. The lowest BCUT2D eigenvalue weighted by Gasteiger charge is -2.24. The van der Waals surface area contributed by atoms with Gasteiger partial charge in [-0.1, -0.05) is 0 Å². The van der Waals surface area contributed by atoms with Crippen LogP contribution in [0.2, 0.25) is 0 Å². The van der Waals surface area contributed by atoms with Gasteiger partial charge >= 0.3 is 18.2 Å². The monoisotopic (exact) mass is 321 g/mol. The normalized spacial score (nSPS) is 12.5. The number of nitrogens with zero attached hydrogens (tertiary/aromatic N) is 2. The highest BCUT2D eigenvalue weighted by Crippen LogP contribution is 2.29. The van der Waals surface area contributed by atoms with E-state index >= 15 is 0 Å². The summed E-state index contributed by atoms with van der Waals surface area (Å²) in [6, 6.07) is -0.636. The molecule has 22 heavy (non-hydrogen) atoms. The predicted molar refractivity (Wildman–Crippen MR) is 68.6 cm³/mol. The summed E-state index contributed by atoms with van der Waals surface area (Å²) in [4.78, 5) is 31.6. The van der Waals surface area contributed by atoms with E-state index in [1.807, 2.05) is 0 Å². The third kappa shape index (κ3) is 4.32. The van der Waals surface area contributed by atoms with Crippen LogP contribution in [-0.4, -0.2) is 42.3 Å². The average Bonchev–Trinajstić information content (AvgIpc) is 2.46. The zero-order valence-corrected chi connectivity index (χ0v) is 12.0. The Morgan fingerprint density at radius 2 is 2.00 bits per heavy atom. The average molecular weight is 321 g/mol. The molecule has 0 radical (unpaired) electrons. The van der Waals surface area contributed by atoms with Crippen LogP contribution in [0.4, 0.5) is 23.8 Å². The first-order chi connectivity index (χ1) is 10.2. The quantitative estimate of drug-likeness (QED) is 0.678. The summed E-state index contributed by atoms with van der Waals surface area (Å²) in [6.45, 7) is 1.33. The number of alkyl halides is 3. The fraction of sp³-hybridized carbons (Fsp3) is 0.417. The summed E-state index contributed by atoms with van der Waals surface area (Å²) in [7, 11) is 2.25. The van der Waals surface area contributed by atoms with E-state index < -0.39 is 29.8 Å². The van der Waals surface area contributed by atoms with Crippen molar-refractivity contribution in [2.24, 2.45) is 0 Å². The van der Waals surface area contributed by atoms with Crippen molar-refractivity contribution in [1.82, 2.24) is 10.0 Å². The van der Waals surface area contributed by atoms with Gasteiger partial charge in [0.2, 0.25) is 0 Å². The highest BCUT2D eigenvalue weighted by Gasteiger charge is 2.32. The number of hydrogen-bond acceptors (Lipinski definition) is 5. The zero-order chi connectivity index (χ0) is 16.9. The number of carbonyl (C=O) groups is 2. The number of nitrogens with one attached hydrogen (secondary N) is 1. The van der Waals surface area contributed by atoms with E-state index in [4.69, 9.17) is 4.84 Å². The molecule has 1 aromatic heterocycles. The Bertz CT molecular complexity index is 551. The lowest BCUT2D eigenvalue weighted by molar-refractivity contribution is -0.164. The Morgan fingerprint density at radius 1 is 1.36 bits per heavy atom. The van der Waals surface area contributed by atoms with Crippen LogP contribution in [0.5, 0.6) is 0 Å². The van der Waals surface area contributed by atoms with E-state index in [9.17, 15) is 22.8 Å². The van der Waals surface area contributed by atoms with E-state index in [0.29, 0.717) is 11.1 Å². The van der Waals surface area contributed by atoms with E-state index in [1.54, 1.807) is 0 Å². The number of hydroxylamine groups is 2. The number of aromatic nitrogens is 1. The van der Waals surface area contributed by atoms with Gasteiger partial charge in [-0.2, -0.15) is 18.2 Å². The standard InChI is InChI=1S/C12H14F3N3O4/c1-7(10(19)21-2)18(22-3)11(20)17-9-6-8(4-5-16-9)12(13,14)15/h4-7H,1-3H3,(H,16,17,20). The topological polar surface area (TPSA) is 80.8 Å². The van der Waals surface area contributed by atoms with Gasteiger partial charge in [0, 0.05) is 6.20 Å². The molecule has 0 saturated carbocycles. The molecule has 1 heterocycles. The number of urea groups is 1. The van der Waals surface area contributed by atoms with E-state index in [0.717, 1.165) is 26.5 Å². The summed E-state index contributed by atoms with van der Waals surface area (Å²) >= 11 is 0. The smallest absolute Gasteiger partial charge is 0.416 e. The number of hydrogen-bond donors (Lipinski definition) is 1. The molecule has 10 heteroatoms. The van der Waals surface area contributed by atoms with Crippen LogP contribution in [0, 0.1) is 0 Å². The summed E-state index contributed by atoms with van der Waals surface area (Å²) in [6.07, 6.45) is -3.66. The van der Waals surface area contributed by atoms with Crippen LogP contribution in [0.15, 0.2) is 18.3 Å². The molecule has 0 fully saturated rings. The number of esters is 1. The molecule has 1 rings (SSSR count). The number of methoxy groups -OCH3 is 1. The lowest BCUT2D eigenvalue weighted by atomic mass is 10.2. The molecule has 7 nitrogen and oxygen atoms in total. The Labute approximate surface area is 124 Å². The molecule has 1 atom stereocenters. The number of carbonyl (C=O) groups excluding carboxylic acids is 2. The Kier molecular flexibility index (Phi) is 5.69. The van der Waals surface area contributed by atoms with Crippen LogP contribution >= 0.6 is 0 Å². The largest absolute Gasteiger partial charge is 0.467 e. The zero-order valence-electron chi connectivity index (χ0n) is 12.0. The van der Waals surface area contributed by atoms with Crippen LogP contribution in [0.25, 0.3) is 0 Å². The molecule has 0 bridgehead atoms. The maximum absolute atomic E-state index is 12.6. The lowest BCUT2D eigenvalue weighted by Crippen LogP contribution is -2.45. The molecular weight excluding hydrogens is 307 g/mol. The molecule has 0 spiro atoms. The van der Waals surface area contributed by atoms with Crippen molar-refractivity contribution in [1.29, 1.82) is 0 Å². The number of rotatable bonds is 4. The molecule has 122 valence electrons. The van der Waals surface area contributed by atoms with Crippen LogP contribution in [0.1, 0.15) is 12.5 Å². The fourth-order valence-corrected chi connectivity index (χ4v) is 1.52. The van der Waals surface area contributed by atoms with Gasteiger partial charge in [-0.3, -0.25) is 10.2 Å². The fourth-order valence-electron chi connectivity index (χ4n) is 1.52. The molecule has 0 aliphatic heterocycles. The molecule has 1 aromatic rings. The summed E-state index contributed by atoms with van der Waals surface area (Å²) < 4.78 is 42.2. The number of pyridine rings is 1. The van der Waals surface area contributed by atoms with Gasteiger partial charge < -0.3 is 4.74 Å². The van der Waals surface area contributed by atoms with Crippen molar-refractivity contribution in [2.45, 2.75) is 19.1 Å². The molecule has 1 N–H and O–H groups in total. The van der Waals surface area contributed by atoms with Gasteiger partial charge in [0.25, 0.3) is 0 Å². The third-order valence-electron chi connectivity index (χ3n) is 2.61. The number of anilines is 1. The van der Waals surface area contributed by atoms with Crippen molar-refractivity contribution >= 4 is 17.8 Å². The first-order valence-corrected chi connectivity index (χ1v) is 5.96. The maximum atomic E-state index is 12.6. The van der Waals surface area contributed by atoms with Crippen LogP contribution in [0.3, 0.4) is 0 Å². The minimum absolute atomic E-state index is 0.334. The highest BCUT2D eigenvalue weighted by molar-refractivity contribution is 5.91. The van der Waals surface area contributed by atoms with Gasteiger partial charge in [-0.25, -0.2) is 14.6 Å². The molecule has 1 unspecified atom stereocenters. The van der Waals surface area contributed by atoms with Crippen molar-refractivity contribution in [3.05, 3.63) is 23.9 Å². The van der Waals surface area contributed by atoms with E-state index in [-0.39, 0.29) is 5.82 Å². The molecule has 0 aliphatic rings. The number of amides is 2. The summed E-state index contributed by atoms with van der Waals surface area (Å²) in [5.74, 6) is -1.09. The SMILES string of the molecule is COC(=O)C(C)N(OC)C(=O)Nc1cc(C(F)(F)F)ccn1. The Morgan fingerprint density at radius 3 is 2.50 bits per heavy atom. The second-order valence-electron chi connectivity index (χ2n) is 4.07. The highest BCUT2D eigenvalue weighted by atomic mass is 19.4. The number of ether oxygens (including phenoxy) is 1. The number of halogens is 3. The minimum Gasteiger partial charge on any atom is -0.467 e. The Balaban J connectivity index is 2.89. The molecule has 2 amide bonds. The second-order valence-corrected chi connectivity index (χ2v) is 4.07. The van der Waals surface area contributed by atoms with Gasteiger partial charge in [0.1, 0.15) is 5.82 Å². The van der Waals surface area contributed by atoms with E-state index in [2.05, 4.69) is 15.0 Å². The maximum Gasteiger partial charge on any atom is 0.416 e. The summed E-state index contributed by atoms with van der Waals surface area (Å²) in [5, 5.41) is 2.73. The van der Waals surface area contributed by atoms with Crippen LogP contribution < -0.4 is 5.32 Å². The first kappa shape index (κ1) is 17.7. The van der Waals surface area contributed by atoms with Crippen LogP contribution in [-0.2, 0) is 20.5 Å². The van der Waals surface area contributed by atoms with Gasteiger partial charge in [0.15, 0.2) is 6.04 Å². The molecular formula is C12H14F3N3O4. The second kappa shape index (κ2) is 7.07. The Hall–Kier alpha value is -2.36. The van der Waals surface area contributed by atoms with Crippen molar-refractivity contribution in [3.63, 3.8) is 0 Å². The van der Waals surface area contributed by atoms with Crippen molar-refractivity contribution in [3.8, 4) is 0 Å². The molecule has 0 aromatic carbocycles. The predicted octanol–water partition coefficient (Wildman–Crippen LogP) is 2.06.